The van der Waals surface area contributed by atoms with Gasteiger partial charge in [0, 0.05) is 42.5 Å². The lowest BCUT2D eigenvalue weighted by Crippen LogP contribution is -2.48. The number of anilines is 1. The van der Waals surface area contributed by atoms with E-state index in [2.05, 4.69) is 51.6 Å². The van der Waals surface area contributed by atoms with Crippen molar-refractivity contribution in [2.75, 3.05) is 24.2 Å². The van der Waals surface area contributed by atoms with E-state index in [4.69, 9.17) is 0 Å². The number of amides is 1. The molecular formula is C24H30N6O3S. The summed E-state index contributed by atoms with van der Waals surface area (Å²) < 4.78 is 27.5. The molecule has 3 aliphatic rings. The summed E-state index contributed by atoms with van der Waals surface area (Å²) in [6.07, 6.45) is 9.45. The van der Waals surface area contributed by atoms with Crippen LogP contribution in [-0.4, -0.2) is 58.4 Å². The normalized spacial score (nSPS) is 23.7. The number of aromatic nitrogens is 4. The molecule has 2 aliphatic carbocycles. The van der Waals surface area contributed by atoms with Crippen LogP contribution in [0.25, 0.3) is 0 Å². The Labute approximate surface area is 199 Å². The van der Waals surface area contributed by atoms with Gasteiger partial charge in [-0.2, -0.15) is 10.2 Å². The summed E-state index contributed by atoms with van der Waals surface area (Å²) in [7, 11) is -3.32. The summed E-state index contributed by atoms with van der Waals surface area (Å²) in [4.78, 5) is 13.0. The zero-order chi connectivity index (χ0) is 23.9. The van der Waals surface area contributed by atoms with E-state index in [-0.39, 0.29) is 17.1 Å². The maximum absolute atomic E-state index is 13.0. The van der Waals surface area contributed by atoms with Crippen LogP contribution in [0.1, 0.15) is 60.9 Å². The van der Waals surface area contributed by atoms with Crippen molar-refractivity contribution in [3.05, 3.63) is 41.0 Å². The van der Waals surface area contributed by atoms with Crippen LogP contribution in [0, 0.1) is 17.3 Å². The number of carbonyl (C=O) groups excluding carboxylic acids is 1. The third-order valence-corrected chi connectivity index (χ3v) is 9.05. The van der Waals surface area contributed by atoms with E-state index in [1.807, 2.05) is 6.08 Å². The Kier molecular flexibility index (Phi) is 5.86. The molecule has 0 saturated carbocycles. The van der Waals surface area contributed by atoms with Gasteiger partial charge in [-0.15, -0.1) is 0 Å². The third-order valence-electron chi connectivity index (χ3n) is 6.93. The Morgan fingerprint density at radius 1 is 1.38 bits per heavy atom. The van der Waals surface area contributed by atoms with Gasteiger partial charge in [0.05, 0.1) is 17.6 Å². The first kappa shape index (κ1) is 22.9. The molecule has 0 radical (unpaired) electrons. The third kappa shape index (κ3) is 4.42. The Morgan fingerprint density at radius 2 is 2.24 bits per heavy atom. The van der Waals surface area contributed by atoms with Crippen LogP contribution in [0.2, 0.25) is 0 Å². The first-order chi connectivity index (χ1) is 16.2. The molecule has 10 heteroatoms. The van der Waals surface area contributed by atoms with Crippen molar-refractivity contribution >= 4 is 21.4 Å². The summed E-state index contributed by atoms with van der Waals surface area (Å²) in [5.41, 5.74) is 3.85. The molecule has 9 nitrogen and oxygen atoms in total. The zero-order valence-electron chi connectivity index (χ0n) is 19.5. The maximum atomic E-state index is 13.0. The lowest BCUT2D eigenvalue weighted by molar-refractivity contribution is 0.102. The van der Waals surface area contributed by atoms with Crippen LogP contribution >= 0.6 is 0 Å². The number of H-pyrrole nitrogens is 1. The quantitative estimate of drug-likeness (QED) is 0.561. The topological polar surface area (TPSA) is 122 Å². The first-order valence-electron chi connectivity index (χ1n) is 11.8. The number of carbonyl (C=O) groups is 1. The summed E-state index contributed by atoms with van der Waals surface area (Å²) in [5, 5.41) is 17.2. The first-order valence-corrected chi connectivity index (χ1v) is 13.5. The highest BCUT2D eigenvalue weighted by Gasteiger charge is 2.39. The Bertz CT molecular complexity index is 1310. The standard InChI is InChI=1S/C24H30N6O3S/c1-24(2)9-8-18-19(12-24)28-29-21(18)23(31)27-17-13-26-30(15-17)22(16-6-4-3-5-7-16)20-14-25-10-11-34(20,32)33/h6,13,15,20,22,25H,3-4,8-12,14H2,1-2H3,(H,27,31)(H,28,29). The van der Waals surface area contributed by atoms with Gasteiger partial charge in [-0.3, -0.25) is 14.6 Å². The molecule has 0 aromatic carbocycles. The highest BCUT2D eigenvalue weighted by molar-refractivity contribution is 7.92. The molecule has 2 atom stereocenters. The van der Waals surface area contributed by atoms with Crippen LogP contribution in [0.15, 0.2) is 24.0 Å². The highest BCUT2D eigenvalue weighted by Crippen LogP contribution is 2.35. The SMILES string of the molecule is CC1(C)CCc2c(C(=O)Nc3cnn(C(C4=CCCC#C4)C4CNCCS4(=O)=O)c3)n[nH]c2C1. The lowest BCUT2D eigenvalue weighted by Gasteiger charge is -2.31. The van der Waals surface area contributed by atoms with Gasteiger partial charge >= 0.3 is 0 Å². The number of sulfone groups is 1. The lowest BCUT2D eigenvalue weighted by atomic mass is 9.76. The van der Waals surface area contributed by atoms with Crippen molar-refractivity contribution < 1.29 is 13.2 Å². The van der Waals surface area contributed by atoms with Crippen LogP contribution in [0.3, 0.4) is 0 Å². The van der Waals surface area contributed by atoms with Gasteiger partial charge in [0.1, 0.15) is 11.3 Å². The van der Waals surface area contributed by atoms with Crippen molar-refractivity contribution in [2.24, 2.45) is 5.41 Å². The number of hydrogen-bond acceptors (Lipinski definition) is 6. The zero-order valence-corrected chi connectivity index (χ0v) is 20.3. The molecule has 1 fully saturated rings. The van der Waals surface area contributed by atoms with Crippen LogP contribution in [0.4, 0.5) is 5.69 Å². The van der Waals surface area contributed by atoms with Crippen LogP contribution in [0.5, 0.6) is 0 Å². The minimum Gasteiger partial charge on any atom is -0.318 e. The predicted octanol–water partition coefficient (Wildman–Crippen LogP) is 2.02. The maximum Gasteiger partial charge on any atom is 0.276 e. The smallest absolute Gasteiger partial charge is 0.276 e. The molecule has 0 bridgehead atoms. The number of allylic oxidation sites excluding steroid dienone is 2. The Hall–Kier alpha value is -2.90. The van der Waals surface area contributed by atoms with Gasteiger partial charge in [-0.1, -0.05) is 31.8 Å². The second kappa shape index (κ2) is 8.71. The average molecular weight is 483 g/mol. The molecular weight excluding hydrogens is 452 g/mol. The molecule has 3 heterocycles. The monoisotopic (exact) mass is 482 g/mol. The second-order valence-corrected chi connectivity index (χ2v) is 12.4. The molecule has 1 amide bonds. The molecule has 180 valence electrons. The minimum absolute atomic E-state index is 0.0841. The average Bonchev–Trinajstić information content (AvgIpc) is 3.42. The van der Waals surface area contributed by atoms with E-state index >= 15 is 0 Å². The molecule has 2 aromatic rings. The van der Waals surface area contributed by atoms with Gasteiger partial charge in [0.25, 0.3) is 5.91 Å². The Morgan fingerprint density at radius 3 is 3.00 bits per heavy atom. The van der Waals surface area contributed by atoms with E-state index in [0.717, 1.165) is 48.9 Å². The van der Waals surface area contributed by atoms with Crippen molar-refractivity contribution in [3.8, 4) is 11.8 Å². The summed E-state index contributed by atoms with van der Waals surface area (Å²) >= 11 is 0. The largest absolute Gasteiger partial charge is 0.318 e. The van der Waals surface area contributed by atoms with E-state index < -0.39 is 21.1 Å². The van der Waals surface area contributed by atoms with Gasteiger partial charge in [-0.05, 0) is 31.1 Å². The molecule has 2 aromatic heterocycles. The highest BCUT2D eigenvalue weighted by atomic mass is 32.2. The Balaban J connectivity index is 1.40. The molecule has 1 saturated heterocycles. The molecule has 0 spiro atoms. The predicted molar refractivity (Wildman–Crippen MR) is 129 cm³/mol. The fourth-order valence-electron chi connectivity index (χ4n) is 5.05. The summed E-state index contributed by atoms with van der Waals surface area (Å²) in [5.74, 6) is 6.00. The van der Waals surface area contributed by atoms with E-state index in [1.165, 1.54) is 0 Å². The molecule has 2 unspecified atom stereocenters. The fourth-order valence-corrected chi connectivity index (χ4v) is 6.82. The van der Waals surface area contributed by atoms with Gasteiger partial charge in [0.15, 0.2) is 15.5 Å². The van der Waals surface area contributed by atoms with Crippen molar-refractivity contribution in [1.29, 1.82) is 0 Å². The summed E-state index contributed by atoms with van der Waals surface area (Å²) in [6, 6.07) is -0.545. The number of nitrogens with zero attached hydrogens (tertiary/aromatic N) is 3. The van der Waals surface area contributed by atoms with Crippen molar-refractivity contribution in [2.45, 2.75) is 57.2 Å². The van der Waals surface area contributed by atoms with Crippen molar-refractivity contribution in [1.82, 2.24) is 25.3 Å². The number of fused-ring (bicyclic) bond motifs is 1. The van der Waals surface area contributed by atoms with Crippen LogP contribution in [-0.2, 0) is 22.7 Å². The minimum atomic E-state index is -3.32. The van der Waals surface area contributed by atoms with Crippen molar-refractivity contribution in [3.63, 3.8) is 0 Å². The molecule has 1 aliphatic heterocycles. The van der Waals surface area contributed by atoms with E-state index in [9.17, 15) is 13.2 Å². The van der Waals surface area contributed by atoms with E-state index in [0.29, 0.717) is 24.5 Å². The molecule has 34 heavy (non-hydrogen) atoms. The van der Waals surface area contributed by atoms with Gasteiger partial charge in [0.2, 0.25) is 0 Å². The number of rotatable bonds is 5. The van der Waals surface area contributed by atoms with E-state index in [1.54, 1.807) is 17.1 Å². The molecule has 5 rings (SSSR count). The van der Waals surface area contributed by atoms with Gasteiger partial charge in [-0.25, -0.2) is 8.42 Å². The second-order valence-electron chi connectivity index (χ2n) is 10.1. The molecule has 3 N–H and O–H groups in total. The number of nitrogens with one attached hydrogen (secondary N) is 3. The van der Waals surface area contributed by atoms with Crippen LogP contribution < -0.4 is 10.6 Å². The summed E-state index contributed by atoms with van der Waals surface area (Å²) in [6.45, 7) is 5.22. The number of hydrogen-bond donors (Lipinski definition) is 3. The number of aromatic amines is 1. The van der Waals surface area contributed by atoms with Gasteiger partial charge < -0.3 is 10.6 Å². The fraction of sp³-hybridized carbons (Fsp3) is 0.542.